The predicted octanol–water partition coefficient (Wildman–Crippen LogP) is 2.40. The molecule has 1 heterocycles. The Hall–Kier alpha value is -1.47. The van der Waals surface area contributed by atoms with E-state index in [0.29, 0.717) is 18.2 Å². The van der Waals surface area contributed by atoms with Gasteiger partial charge in [0.05, 0.1) is 18.3 Å². The van der Waals surface area contributed by atoms with Gasteiger partial charge in [0, 0.05) is 18.7 Å². The minimum absolute atomic E-state index is 0.0246. The molecule has 0 radical (unpaired) electrons. The van der Waals surface area contributed by atoms with Crippen LogP contribution in [0, 0.1) is 0 Å². The van der Waals surface area contributed by atoms with Gasteiger partial charge in [-0.15, -0.1) is 5.10 Å². The van der Waals surface area contributed by atoms with Gasteiger partial charge >= 0.3 is 5.97 Å². The molecule has 0 aliphatic heterocycles. The number of carboxylic acids is 1. The molecule has 0 unspecified atom stereocenters. The summed E-state index contributed by atoms with van der Waals surface area (Å²) in [6, 6.07) is 1.06. The Morgan fingerprint density at radius 2 is 2.04 bits per heavy atom. The van der Waals surface area contributed by atoms with Gasteiger partial charge in [-0.1, -0.05) is 18.1 Å². The van der Waals surface area contributed by atoms with Crippen LogP contribution < -0.4 is 5.32 Å². The molecule has 2 fully saturated rings. The summed E-state index contributed by atoms with van der Waals surface area (Å²) >= 11 is 0. The number of carboxylic acid groups (broad SMARTS) is 1. The number of carbonyl (C=O) groups is 1. The lowest BCUT2D eigenvalue weighted by Gasteiger charge is -2.37. The van der Waals surface area contributed by atoms with Crippen molar-refractivity contribution < 1.29 is 14.6 Å². The zero-order valence-corrected chi connectivity index (χ0v) is 14.4. The molecule has 2 saturated carbocycles. The molecule has 24 heavy (non-hydrogen) atoms. The highest BCUT2D eigenvalue weighted by molar-refractivity contribution is 5.84. The van der Waals surface area contributed by atoms with Gasteiger partial charge in [0.1, 0.15) is 0 Å². The summed E-state index contributed by atoms with van der Waals surface area (Å²) in [4.78, 5) is 11.0. The maximum atomic E-state index is 11.0. The van der Waals surface area contributed by atoms with E-state index in [0.717, 1.165) is 51.6 Å². The third kappa shape index (κ3) is 4.13. The van der Waals surface area contributed by atoms with Crippen LogP contribution in [-0.4, -0.2) is 50.9 Å². The van der Waals surface area contributed by atoms with Crippen molar-refractivity contribution in [2.45, 2.75) is 82.5 Å². The van der Waals surface area contributed by atoms with Crippen molar-refractivity contribution in [3.05, 3.63) is 11.9 Å². The van der Waals surface area contributed by atoms with Crippen LogP contribution in [0.4, 0.5) is 0 Å². The minimum atomic E-state index is -1.02. The quantitative estimate of drug-likeness (QED) is 0.829. The number of nitrogens with one attached hydrogen (secondary N) is 1. The van der Waals surface area contributed by atoms with E-state index in [-0.39, 0.29) is 11.7 Å². The number of ether oxygens (including phenoxy) is 1. The summed E-state index contributed by atoms with van der Waals surface area (Å²) in [5, 5.41) is 20.7. The first-order chi connectivity index (χ1) is 11.7. The summed E-state index contributed by atoms with van der Waals surface area (Å²) < 4.78 is 7.49. The fraction of sp³-hybridized carbons (Fsp3) is 0.824. The molecule has 2 aliphatic rings. The molecule has 0 bridgehead atoms. The largest absolute Gasteiger partial charge is 0.476 e. The second-order valence-electron chi connectivity index (χ2n) is 6.94. The molecule has 1 aromatic rings. The highest BCUT2D eigenvalue weighted by Gasteiger charge is 2.31. The summed E-state index contributed by atoms with van der Waals surface area (Å²) in [7, 11) is 0. The van der Waals surface area contributed by atoms with E-state index in [4.69, 9.17) is 9.84 Å². The van der Waals surface area contributed by atoms with Gasteiger partial charge in [0.2, 0.25) is 0 Å². The van der Waals surface area contributed by atoms with Gasteiger partial charge in [-0.25, -0.2) is 9.48 Å². The third-order valence-corrected chi connectivity index (χ3v) is 5.33. The highest BCUT2D eigenvalue weighted by atomic mass is 16.5. The van der Waals surface area contributed by atoms with Crippen LogP contribution >= 0.6 is 0 Å². The molecule has 2 atom stereocenters. The summed E-state index contributed by atoms with van der Waals surface area (Å²) in [6.45, 7) is 2.85. The van der Waals surface area contributed by atoms with Gasteiger partial charge in [-0.3, -0.25) is 0 Å². The standard InChI is InChI=1S/C17H28N4O3/c1-2-24-13-9-7-12(8-10-13)18-14-5-3-4-6-16(14)21-11-15(17(22)23)19-20-21/h11-14,16,18H,2-10H2,1H3,(H,22,23)/t12?,13?,14-,16+/m1/s1. The maximum absolute atomic E-state index is 11.0. The van der Waals surface area contributed by atoms with Crippen LogP contribution in [0.1, 0.15) is 74.8 Å². The number of hydrogen-bond acceptors (Lipinski definition) is 5. The van der Waals surface area contributed by atoms with Crippen LogP contribution in [0.2, 0.25) is 0 Å². The number of hydrogen-bond donors (Lipinski definition) is 2. The predicted molar refractivity (Wildman–Crippen MR) is 89.1 cm³/mol. The van der Waals surface area contributed by atoms with Gasteiger partial charge < -0.3 is 15.2 Å². The first kappa shape index (κ1) is 17.4. The van der Waals surface area contributed by atoms with Crippen LogP contribution in [-0.2, 0) is 4.74 Å². The average Bonchev–Trinajstić information content (AvgIpc) is 3.08. The molecular formula is C17H28N4O3. The SMILES string of the molecule is CCOC1CCC(N[C@@H]2CCCC[C@@H]2n2cc(C(=O)O)nn2)CC1. The van der Waals surface area contributed by atoms with Crippen LogP contribution in [0.3, 0.4) is 0 Å². The Bertz CT molecular complexity index is 540. The molecule has 134 valence electrons. The van der Waals surface area contributed by atoms with Gasteiger partial charge in [0.25, 0.3) is 0 Å². The Kier molecular flexibility index (Phi) is 5.84. The van der Waals surface area contributed by atoms with E-state index >= 15 is 0 Å². The van der Waals surface area contributed by atoms with E-state index in [2.05, 4.69) is 22.6 Å². The van der Waals surface area contributed by atoms with Crippen molar-refractivity contribution in [2.24, 2.45) is 0 Å². The Balaban J connectivity index is 1.59. The van der Waals surface area contributed by atoms with Crippen molar-refractivity contribution in [3.8, 4) is 0 Å². The second kappa shape index (κ2) is 8.07. The molecule has 2 aliphatic carbocycles. The topological polar surface area (TPSA) is 89.3 Å². The normalized spacial score (nSPS) is 31.0. The molecule has 0 aromatic carbocycles. The van der Waals surface area contributed by atoms with Crippen molar-refractivity contribution >= 4 is 5.97 Å². The third-order valence-electron chi connectivity index (χ3n) is 5.33. The second-order valence-corrected chi connectivity index (χ2v) is 6.94. The Morgan fingerprint density at radius 3 is 2.71 bits per heavy atom. The Labute approximate surface area is 142 Å². The molecule has 7 heteroatoms. The lowest BCUT2D eigenvalue weighted by atomic mass is 9.87. The number of aromatic nitrogens is 3. The van der Waals surface area contributed by atoms with E-state index in [1.807, 2.05) is 0 Å². The minimum Gasteiger partial charge on any atom is -0.476 e. The first-order valence-electron chi connectivity index (χ1n) is 9.20. The van der Waals surface area contributed by atoms with Crippen molar-refractivity contribution in [1.82, 2.24) is 20.3 Å². The first-order valence-corrected chi connectivity index (χ1v) is 9.20. The van der Waals surface area contributed by atoms with Crippen molar-refractivity contribution in [3.63, 3.8) is 0 Å². The van der Waals surface area contributed by atoms with Gasteiger partial charge in [-0.05, 0) is 45.4 Å². The van der Waals surface area contributed by atoms with Gasteiger partial charge in [-0.2, -0.15) is 0 Å². The lowest BCUT2D eigenvalue weighted by Crippen LogP contribution is -2.47. The monoisotopic (exact) mass is 336 g/mol. The van der Waals surface area contributed by atoms with E-state index in [1.165, 1.54) is 6.42 Å². The molecule has 2 N–H and O–H groups in total. The highest BCUT2D eigenvalue weighted by Crippen LogP contribution is 2.30. The number of rotatable bonds is 6. The molecule has 0 saturated heterocycles. The summed E-state index contributed by atoms with van der Waals surface area (Å²) in [5.74, 6) is -1.02. The molecular weight excluding hydrogens is 308 g/mol. The van der Waals surface area contributed by atoms with Crippen molar-refractivity contribution in [2.75, 3.05) is 6.61 Å². The van der Waals surface area contributed by atoms with Crippen LogP contribution in [0.5, 0.6) is 0 Å². The van der Waals surface area contributed by atoms with E-state index in [1.54, 1.807) is 10.9 Å². The fourth-order valence-corrected chi connectivity index (χ4v) is 4.09. The molecule has 3 rings (SSSR count). The zero-order chi connectivity index (χ0) is 16.9. The van der Waals surface area contributed by atoms with Crippen molar-refractivity contribution in [1.29, 1.82) is 0 Å². The molecule has 0 spiro atoms. The smallest absolute Gasteiger partial charge is 0.358 e. The number of nitrogens with zero attached hydrogens (tertiary/aromatic N) is 3. The molecule has 1 aromatic heterocycles. The van der Waals surface area contributed by atoms with E-state index in [9.17, 15) is 4.79 Å². The Morgan fingerprint density at radius 1 is 1.29 bits per heavy atom. The lowest BCUT2D eigenvalue weighted by molar-refractivity contribution is 0.0279. The summed E-state index contributed by atoms with van der Waals surface area (Å²) in [6.07, 6.45) is 11.0. The van der Waals surface area contributed by atoms with E-state index < -0.39 is 5.97 Å². The van der Waals surface area contributed by atoms with Gasteiger partial charge in [0.15, 0.2) is 5.69 Å². The summed E-state index contributed by atoms with van der Waals surface area (Å²) in [5.41, 5.74) is 0.0246. The molecule has 0 amide bonds. The van der Waals surface area contributed by atoms with Crippen LogP contribution in [0.25, 0.3) is 0 Å². The fourth-order valence-electron chi connectivity index (χ4n) is 4.09. The number of aromatic carboxylic acids is 1. The zero-order valence-electron chi connectivity index (χ0n) is 14.4. The molecule has 7 nitrogen and oxygen atoms in total. The maximum Gasteiger partial charge on any atom is 0.358 e. The average molecular weight is 336 g/mol. The van der Waals surface area contributed by atoms with Crippen LogP contribution in [0.15, 0.2) is 6.20 Å².